The van der Waals surface area contributed by atoms with Gasteiger partial charge in [-0.05, 0) is 17.8 Å². The molecule has 0 amide bonds. The standard InChI is InChI=1S/C14H25ClN4/c1-11(2)7-19-13(16-10-17-19)8-18-6-5-12(15)14(3,4)9-18/h10-12H,5-9H2,1-4H3. The Kier molecular flexibility index (Phi) is 4.51. The lowest BCUT2D eigenvalue weighted by Gasteiger charge is -2.41. The quantitative estimate of drug-likeness (QED) is 0.798. The third-order valence-electron chi connectivity index (χ3n) is 3.78. The van der Waals surface area contributed by atoms with Crippen LogP contribution in [-0.4, -0.2) is 38.1 Å². The number of aromatic nitrogens is 3. The summed E-state index contributed by atoms with van der Waals surface area (Å²) in [4.78, 5) is 6.85. The van der Waals surface area contributed by atoms with E-state index >= 15 is 0 Å². The van der Waals surface area contributed by atoms with Gasteiger partial charge in [-0.1, -0.05) is 27.7 Å². The van der Waals surface area contributed by atoms with Crippen LogP contribution >= 0.6 is 11.6 Å². The van der Waals surface area contributed by atoms with Gasteiger partial charge < -0.3 is 0 Å². The van der Waals surface area contributed by atoms with Crippen molar-refractivity contribution < 1.29 is 0 Å². The van der Waals surface area contributed by atoms with Crippen molar-refractivity contribution in [1.82, 2.24) is 19.7 Å². The lowest BCUT2D eigenvalue weighted by Crippen LogP contribution is -2.46. The summed E-state index contributed by atoms with van der Waals surface area (Å²) in [7, 11) is 0. The molecule has 0 bridgehead atoms. The number of piperidine rings is 1. The lowest BCUT2D eigenvalue weighted by atomic mass is 9.83. The summed E-state index contributed by atoms with van der Waals surface area (Å²) < 4.78 is 2.03. The highest BCUT2D eigenvalue weighted by molar-refractivity contribution is 6.21. The van der Waals surface area contributed by atoms with Crippen LogP contribution in [0.4, 0.5) is 0 Å². The highest BCUT2D eigenvalue weighted by Gasteiger charge is 2.34. The van der Waals surface area contributed by atoms with Crippen molar-refractivity contribution in [2.75, 3.05) is 13.1 Å². The number of halogens is 1. The van der Waals surface area contributed by atoms with E-state index in [4.69, 9.17) is 11.6 Å². The van der Waals surface area contributed by atoms with Crippen LogP contribution in [-0.2, 0) is 13.1 Å². The smallest absolute Gasteiger partial charge is 0.141 e. The van der Waals surface area contributed by atoms with Gasteiger partial charge in [-0.3, -0.25) is 4.90 Å². The molecule has 1 fully saturated rings. The van der Waals surface area contributed by atoms with E-state index in [9.17, 15) is 0 Å². The fourth-order valence-electron chi connectivity index (χ4n) is 2.68. The molecule has 0 N–H and O–H groups in total. The third kappa shape index (κ3) is 3.69. The van der Waals surface area contributed by atoms with Crippen LogP contribution in [0.25, 0.3) is 0 Å². The summed E-state index contributed by atoms with van der Waals surface area (Å²) in [5.41, 5.74) is 0.169. The van der Waals surface area contributed by atoms with Gasteiger partial charge >= 0.3 is 0 Å². The average molecular weight is 285 g/mol. The first-order valence-electron chi connectivity index (χ1n) is 7.11. The minimum atomic E-state index is 0.169. The number of likely N-dealkylation sites (tertiary alicyclic amines) is 1. The fraction of sp³-hybridized carbons (Fsp3) is 0.857. The van der Waals surface area contributed by atoms with Gasteiger partial charge in [0.25, 0.3) is 0 Å². The SMILES string of the molecule is CC(C)Cn1ncnc1CN1CCC(Cl)C(C)(C)C1. The summed E-state index contributed by atoms with van der Waals surface area (Å²) >= 11 is 6.40. The van der Waals surface area contributed by atoms with Gasteiger partial charge in [0.2, 0.25) is 0 Å². The molecule has 0 radical (unpaired) electrons. The Hall–Kier alpha value is -0.610. The van der Waals surface area contributed by atoms with Crippen LogP contribution in [0.2, 0.25) is 0 Å². The van der Waals surface area contributed by atoms with Crippen LogP contribution in [0, 0.1) is 11.3 Å². The van der Waals surface area contributed by atoms with Crippen molar-refractivity contribution in [3.05, 3.63) is 12.2 Å². The second-order valence-electron chi connectivity index (χ2n) is 6.71. The molecule has 108 valence electrons. The first-order valence-corrected chi connectivity index (χ1v) is 7.55. The summed E-state index contributed by atoms with van der Waals surface area (Å²) in [5, 5.41) is 4.60. The summed E-state index contributed by atoms with van der Waals surface area (Å²) in [6, 6.07) is 0. The molecule has 1 aromatic rings. The zero-order chi connectivity index (χ0) is 14.0. The maximum Gasteiger partial charge on any atom is 0.141 e. The molecule has 19 heavy (non-hydrogen) atoms. The van der Waals surface area contributed by atoms with E-state index in [2.05, 4.69) is 42.7 Å². The molecular weight excluding hydrogens is 260 g/mol. The zero-order valence-electron chi connectivity index (χ0n) is 12.4. The molecule has 1 aliphatic rings. The Morgan fingerprint density at radius 1 is 1.47 bits per heavy atom. The zero-order valence-corrected chi connectivity index (χ0v) is 13.2. The molecule has 0 aromatic carbocycles. The van der Waals surface area contributed by atoms with Gasteiger partial charge in [0.05, 0.1) is 6.54 Å². The molecular formula is C14H25ClN4. The van der Waals surface area contributed by atoms with Crippen LogP contribution < -0.4 is 0 Å². The van der Waals surface area contributed by atoms with Gasteiger partial charge in [-0.2, -0.15) is 5.10 Å². The summed E-state index contributed by atoms with van der Waals surface area (Å²) in [5.74, 6) is 1.66. The molecule has 1 aromatic heterocycles. The topological polar surface area (TPSA) is 34.0 Å². The van der Waals surface area contributed by atoms with Crippen molar-refractivity contribution in [2.45, 2.75) is 52.6 Å². The van der Waals surface area contributed by atoms with E-state index < -0.39 is 0 Å². The Labute approximate surface area is 121 Å². The molecule has 1 unspecified atom stereocenters. The summed E-state index contributed by atoms with van der Waals surface area (Å²) in [6.07, 6.45) is 2.71. The Morgan fingerprint density at radius 3 is 2.84 bits per heavy atom. The number of hydrogen-bond acceptors (Lipinski definition) is 3. The van der Waals surface area contributed by atoms with Crippen LogP contribution in [0.15, 0.2) is 6.33 Å². The van der Waals surface area contributed by atoms with Gasteiger partial charge in [0.1, 0.15) is 12.2 Å². The number of nitrogens with zero attached hydrogens (tertiary/aromatic N) is 4. The van der Waals surface area contributed by atoms with E-state index in [0.29, 0.717) is 5.92 Å². The van der Waals surface area contributed by atoms with E-state index in [1.807, 2.05) is 4.68 Å². The van der Waals surface area contributed by atoms with Crippen LogP contribution in [0.5, 0.6) is 0 Å². The molecule has 0 spiro atoms. The molecule has 5 heteroatoms. The van der Waals surface area contributed by atoms with Crippen molar-refractivity contribution >= 4 is 11.6 Å². The summed E-state index contributed by atoms with van der Waals surface area (Å²) in [6.45, 7) is 12.8. The number of hydrogen-bond donors (Lipinski definition) is 0. The maximum absolute atomic E-state index is 6.40. The molecule has 2 heterocycles. The molecule has 1 saturated heterocycles. The third-order valence-corrected chi connectivity index (χ3v) is 4.59. The van der Waals surface area contributed by atoms with Crippen LogP contribution in [0.3, 0.4) is 0 Å². The largest absolute Gasteiger partial charge is 0.295 e. The minimum Gasteiger partial charge on any atom is -0.295 e. The maximum atomic E-state index is 6.40. The number of rotatable bonds is 4. The second-order valence-corrected chi connectivity index (χ2v) is 7.23. The normalized spacial score (nSPS) is 24.0. The Bertz CT molecular complexity index is 413. The van der Waals surface area contributed by atoms with Crippen molar-refractivity contribution in [3.63, 3.8) is 0 Å². The first-order chi connectivity index (χ1) is 8.88. The predicted octanol–water partition coefficient (Wildman–Crippen LogP) is 2.77. The van der Waals surface area contributed by atoms with E-state index in [1.54, 1.807) is 6.33 Å². The fourth-order valence-corrected chi connectivity index (χ4v) is 2.85. The monoisotopic (exact) mass is 284 g/mol. The average Bonchev–Trinajstić information content (AvgIpc) is 2.70. The highest BCUT2D eigenvalue weighted by Crippen LogP contribution is 2.33. The molecule has 1 aliphatic heterocycles. The van der Waals surface area contributed by atoms with Gasteiger partial charge in [-0.25, -0.2) is 9.67 Å². The number of alkyl halides is 1. The van der Waals surface area contributed by atoms with Crippen LogP contribution in [0.1, 0.15) is 39.9 Å². The Morgan fingerprint density at radius 2 is 2.21 bits per heavy atom. The predicted molar refractivity (Wildman–Crippen MR) is 78.2 cm³/mol. The van der Waals surface area contributed by atoms with Gasteiger partial charge in [0, 0.05) is 25.0 Å². The van der Waals surface area contributed by atoms with E-state index in [-0.39, 0.29) is 10.8 Å². The molecule has 0 saturated carbocycles. The molecule has 4 nitrogen and oxygen atoms in total. The Balaban J connectivity index is 2.00. The highest BCUT2D eigenvalue weighted by atomic mass is 35.5. The molecule has 2 rings (SSSR count). The van der Waals surface area contributed by atoms with Gasteiger partial charge in [-0.15, -0.1) is 11.6 Å². The van der Waals surface area contributed by atoms with E-state index in [1.165, 1.54) is 0 Å². The van der Waals surface area contributed by atoms with Crippen molar-refractivity contribution in [3.8, 4) is 0 Å². The lowest BCUT2D eigenvalue weighted by molar-refractivity contribution is 0.111. The molecule has 1 atom stereocenters. The van der Waals surface area contributed by atoms with E-state index in [0.717, 1.165) is 38.4 Å². The molecule has 0 aliphatic carbocycles. The minimum absolute atomic E-state index is 0.169. The van der Waals surface area contributed by atoms with Crippen molar-refractivity contribution in [1.29, 1.82) is 0 Å². The second kappa shape index (κ2) is 5.80. The van der Waals surface area contributed by atoms with Crippen molar-refractivity contribution in [2.24, 2.45) is 11.3 Å². The van der Waals surface area contributed by atoms with Gasteiger partial charge in [0.15, 0.2) is 0 Å². The first kappa shape index (κ1) is 14.8.